The zero-order valence-electron chi connectivity index (χ0n) is 37.3. The molecule has 0 saturated heterocycles. The average molecular weight is 962 g/mol. The molecule has 0 fully saturated rings. The van der Waals surface area contributed by atoms with Gasteiger partial charge < -0.3 is 24.8 Å². The van der Waals surface area contributed by atoms with Gasteiger partial charge in [-0.3, -0.25) is 0 Å². The minimum absolute atomic E-state index is 0. The van der Waals surface area contributed by atoms with Crippen LogP contribution in [0.15, 0.2) is 130 Å². The fourth-order valence-corrected chi connectivity index (χ4v) is 20.4. The van der Waals surface area contributed by atoms with E-state index in [0.717, 1.165) is 10.0 Å². The summed E-state index contributed by atoms with van der Waals surface area (Å²) in [4.78, 5) is 0. The Hall–Kier alpha value is -3.29. The fourth-order valence-electron chi connectivity index (χ4n) is 10.2. The maximum Gasteiger partial charge on any atom is -1.00 e. The summed E-state index contributed by atoms with van der Waals surface area (Å²) in [6.07, 6.45) is 5.29. The zero-order chi connectivity index (χ0) is 42.1. The quantitative estimate of drug-likeness (QED) is 0.150. The van der Waals surface area contributed by atoms with E-state index >= 15 is 0 Å². The van der Waals surface area contributed by atoms with Crippen molar-refractivity contribution in [2.45, 2.75) is 79.8 Å². The second-order valence-corrected chi connectivity index (χ2v) is 25.6. The van der Waals surface area contributed by atoms with Gasteiger partial charge in [-0.1, -0.05) is 0 Å². The van der Waals surface area contributed by atoms with Crippen molar-refractivity contribution < 1.29 is 46.1 Å². The van der Waals surface area contributed by atoms with Crippen LogP contribution in [0.3, 0.4) is 0 Å². The van der Waals surface area contributed by atoms with E-state index in [1.165, 1.54) is 97.8 Å². The van der Waals surface area contributed by atoms with E-state index < -0.39 is 21.3 Å². The number of benzene rings is 6. The van der Waals surface area contributed by atoms with Crippen molar-refractivity contribution in [3.63, 3.8) is 0 Å². The van der Waals surface area contributed by atoms with Gasteiger partial charge in [0.25, 0.3) is 0 Å². The first-order valence-corrected chi connectivity index (χ1v) is 25.8. The Balaban J connectivity index is 0.00000311. The van der Waals surface area contributed by atoms with E-state index in [0.29, 0.717) is 11.8 Å². The maximum atomic E-state index is 6.68. The van der Waals surface area contributed by atoms with Crippen molar-refractivity contribution in [3.8, 4) is 33.4 Å². The molecule has 1 atom stereocenters. The molecule has 6 aromatic rings. The summed E-state index contributed by atoms with van der Waals surface area (Å²) in [5.41, 5.74) is 22.9. The topological polar surface area (TPSA) is 0 Å². The Morgan fingerprint density at radius 2 is 0.951 bits per heavy atom. The van der Waals surface area contributed by atoms with Crippen molar-refractivity contribution in [1.82, 2.24) is 0 Å². The minimum atomic E-state index is -3.24. The molecule has 5 heteroatoms. The number of halogens is 4. The van der Waals surface area contributed by atoms with Gasteiger partial charge in [0.2, 0.25) is 0 Å². The number of hydrogen-bond acceptors (Lipinski definition) is 0. The van der Waals surface area contributed by atoms with Gasteiger partial charge in [-0.25, -0.2) is 0 Å². The predicted molar refractivity (Wildman–Crippen MR) is 253 cm³/mol. The van der Waals surface area contributed by atoms with Gasteiger partial charge in [0, 0.05) is 0 Å². The smallest absolute Gasteiger partial charge is 1.00 e. The molecule has 0 heterocycles. The summed E-state index contributed by atoms with van der Waals surface area (Å²) in [6.45, 7) is 25.5. The van der Waals surface area contributed by atoms with Crippen LogP contribution in [0, 0.1) is 58.8 Å². The largest absolute Gasteiger partial charge is 1.00 e. The van der Waals surface area contributed by atoms with Crippen LogP contribution >= 0.6 is 23.2 Å². The Morgan fingerprint density at radius 1 is 0.557 bits per heavy atom. The van der Waals surface area contributed by atoms with Crippen molar-refractivity contribution in [3.05, 3.63) is 196 Å². The second-order valence-electron chi connectivity index (χ2n) is 18.6. The molecule has 0 spiro atoms. The standard InChI is InChI=1S/C31H29.C13H8Cl2.C12H19.2ClH.Zr/c1-18-11-20(3)30(21(4)12-18)24-7-9-28-26(15-24)17-27-16-25(8-10-29(27)28)31-22(5)13-19(2)14-23(31)6;14-12-5-1-10(2-6-12)9-11-3-7-13(15)8-4-11;1-9(2)10-6-7-11(8-10)12(3,4)5;;;/h7-17H,1-6H3;1-8H;7-10H,1-5H3;2*1H;/q;;;;;+2/p-2. The number of rotatable bonds is 7. The molecule has 61 heavy (non-hydrogen) atoms. The number of hydrogen-bond donors (Lipinski definition) is 0. The SMILES string of the molecule is Cc1cc(C)c(-c2ccc3c(c2)[CH]([Zr+2]([C]2=CC(C(C)(C)C)=CC2C(C)C)=[C](c2ccc(Cl)cc2)c2ccc(Cl)cc2)c2cc(-c4c(C)cc(C)cc4C)ccc2-3)c(C)c1.[Cl-].[Cl-]. The maximum absolute atomic E-state index is 6.68. The van der Waals surface area contributed by atoms with E-state index in [-0.39, 0.29) is 33.9 Å². The van der Waals surface area contributed by atoms with E-state index in [1.54, 1.807) is 3.28 Å². The van der Waals surface area contributed by atoms with Crippen LogP contribution in [0.2, 0.25) is 10.0 Å². The Labute approximate surface area is 395 Å². The van der Waals surface area contributed by atoms with Gasteiger partial charge in [0.15, 0.2) is 0 Å². The van der Waals surface area contributed by atoms with Crippen LogP contribution in [-0.2, 0) is 21.3 Å². The summed E-state index contributed by atoms with van der Waals surface area (Å²) >= 11 is 10.1. The molecule has 2 aliphatic rings. The summed E-state index contributed by atoms with van der Waals surface area (Å²) in [5, 5.41) is 1.51. The Morgan fingerprint density at radius 3 is 1.31 bits per heavy atom. The van der Waals surface area contributed by atoms with Gasteiger partial charge in [0.1, 0.15) is 0 Å². The van der Waals surface area contributed by atoms with Crippen LogP contribution in [0.1, 0.15) is 93.9 Å². The molecule has 0 aromatic heterocycles. The molecule has 0 radical (unpaired) electrons. The first-order chi connectivity index (χ1) is 28.0. The fraction of sp³-hybridized carbons (Fsp3) is 0.268. The zero-order valence-corrected chi connectivity index (χ0v) is 42.8. The molecular weight excluding hydrogens is 906 g/mol. The van der Waals surface area contributed by atoms with Crippen molar-refractivity contribution in [1.29, 1.82) is 0 Å². The van der Waals surface area contributed by atoms with Gasteiger partial charge in [0.05, 0.1) is 0 Å². The first-order valence-electron chi connectivity index (χ1n) is 21.1. The molecule has 0 amide bonds. The molecule has 1 unspecified atom stereocenters. The van der Waals surface area contributed by atoms with E-state index in [9.17, 15) is 0 Å². The van der Waals surface area contributed by atoms with E-state index in [4.69, 9.17) is 23.2 Å². The molecular formula is C56H56Cl4Zr. The van der Waals surface area contributed by atoms with Crippen LogP contribution in [0.25, 0.3) is 33.4 Å². The average Bonchev–Trinajstić information content (AvgIpc) is 3.75. The van der Waals surface area contributed by atoms with E-state index in [2.05, 4.69) is 198 Å². The van der Waals surface area contributed by atoms with Gasteiger partial charge >= 0.3 is 374 Å². The molecule has 0 aliphatic heterocycles. The molecule has 0 bridgehead atoms. The summed E-state index contributed by atoms with van der Waals surface area (Å²) in [7, 11) is 0. The van der Waals surface area contributed by atoms with Crippen molar-refractivity contribution >= 4 is 26.4 Å². The van der Waals surface area contributed by atoms with E-state index in [1.807, 2.05) is 0 Å². The third kappa shape index (κ3) is 9.08. The predicted octanol–water partition coefficient (Wildman–Crippen LogP) is 10.3. The molecule has 312 valence electrons. The molecule has 2 aliphatic carbocycles. The number of fused-ring (bicyclic) bond motifs is 3. The van der Waals surface area contributed by atoms with Gasteiger partial charge in [-0.2, -0.15) is 0 Å². The third-order valence-corrected chi connectivity index (χ3v) is 21.6. The minimum Gasteiger partial charge on any atom is -1.00 e. The Kier molecular flexibility index (Phi) is 14.3. The third-order valence-electron chi connectivity index (χ3n) is 12.7. The van der Waals surface area contributed by atoms with Crippen LogP contribution in [0.4, 0.5) is 0 Å². The monoisotopic (exact) mass is 958 g/mol. The second kappa shape index (κ2) is 18.4. The molecule has 6 aromatic carbocycles. The van der Waals surface area contributed by atoms with Crippen molar-refractivity contribution in [2.24, 2.45) is 17.3 Å². The summed E-state index contributed by atoms with van der Waals surface area (Å²) in [5.74, 6) is 0.789. The molecule has 0 saturated carbocycles. The molecule has 0 nitrogen and oxygen atoms in total. The van der Waals surface area contributed by atoms with Crippen LogP contribution in [0.5, 0.6) is 0 Å². The van der Waals surface area contributed by atoms with Crippen molar-refractivity contribution in [2.75, 3.05) is 0 Å². The summed E-state index contributed by atoms with van der Waals surface area (Å²) in [6, 6.07) is 41.6. The molecule has 0 N–H and O–H groups in total. The Bertz CT molecular complexity index is 2540. The molecule has 8 rings (SSSR count). The van der Waals surface area contributed by atoms with Gasteiger partial charge in [-0.15, -0.1) is 0 Å². The van der Waals surface area contributed by atoms with Gasteiger partial charge in [-0.05, 0) is 0 Å². The van der Waals surface area contributed by atoms with Crippen LogP contribution < -0.4 is 24.8 Å². The summed E-state index contributed by atoms with van der Waals surface area (Å²) < 4.78 is 3.37. The van der Waals surface area contributed by atoms with Crippen LogP contribution in [-0.4, -0.2) is 3.21 Å². The number of allylic oxidation sites excluding steroid dienone is 4. The first kappa shape index (κ1) is 47.2. The number of aryl methyl sites for hydroxylation is 6. The normalized spacial score (nSPS) is 14.3.